The van der Waals surface area contributed by atoms with Crippen molar-refractivity contribution < 1.29 is 19.1 Å². The number of rotatable bonds is 9. The van der Waals surface area contributed by atoms with Gasteiger partial charge in [-0.3, -0.25) is 14.4 Å². The molecule has 0 aliphatic carbocycles. The fraction of sp³-hybridized carbons (Fsp3) is 0.600. The number of hydrogen-bond acceptors (Lipinski definition) is 5. The number of ether oxygens (including phenoxy) is 1. The molecule has 0 saturated heterocycles. The van der Waals surface area contributed by atoms with Crippen LogP contribution < -0.4 is 4.74 Å². The zero-order chi connectivity index (χ0) is 28.4. The quantitative estimate of drug-likeness (QED) is 0.446. The standard InChI is InChI=1S/C30H45N5O4/c1-23(2)28-31-17-21-35(28)20-16-27(36)32(3)18-11-9-14-25-30(38)33(4)19-10-6-12-22-39-26-15-8-7-13-24(26)29(37)34(25)5/h7-8,13,15,17,21,23,25H,6,9-12,14,16,18-20,22H2,1-5H3/t25-/m0/s1. The van der Waals surface area contributed by atoms with Crippen LogP contribution in [-0.4, -0.2) is 88.9 Å². The number of carbonyl (C=O) groups is 3. The fourth-order valence-electron chi connectivity index (χ4n) is 4.99. The van der Waals surface area contributed by atoms with Gasteiger partial charge >= 0.3 is 0 Å². The summed E-state index contributed by atoms with van der Waals surface area (Å²) in [6, 6.07) is 6.67. The van der Waals surface area contributed by atoms with Gasteiger partial charge in [0.15, 0.2) is 0 Å². The van der Waals surface area contributed by atoms with Crippen LogP contribution in [0.5, 0.6) is 5.75 Å². The van der Waals surface area contributed by atoms with Gasteiger partial charge in [-0.05, 0) is 50.7 Å². The van der Waals surface area contributed by atoms with Crippen LogP contribution in [0.1, 0.15) is 80.9 Å². The van der Waals surface area contributed by atoms with Crippen LogP contribution in [0.25, 0.3) is 0 Å². The summed E-state index contributed by atoms with van der Waals surface area (Å²) in [6.45, 7) is 6.59. The highest BCUT2D eigenvalue weighted by atomic mass is 16.5. The van der Waals surface area contributed by atoms with Gasteiger partial charge in [0.2, 0.25) is 11.8 Å². The maximum atomic E-state index is 13.5. The number of likely N-dealkylation sites (N-methyl/N-ethyl adjacent to an activating group) is 2. The van der Waals surface area contributed by atoms with Crippen LogP contribution in [0, 0.1) is 0 Å². The topological polar surface area (TPSA) is 88.0 Å². The Morgan fingerprint density at radius 3 is 2.67 bits per heavy atom. The summed E-state index contributed by atoms with van der Waals surface area (Å²) < 4.78 is 7.97. The molecule has 0 N–H and O–H groups in total. The Morgan fingerprint density at radius 1 is 1.13 bits per heavy atom. The second-order valence-electron chi connectivity index (χ2n) is 10.8. The first-order valence-electron chi connectivity index (χ1n) is 14.2. The first-order valence-corrected chi connectivity index (χ1v) is 14.2. The number of aromatic nitrogens is 2. The number of benzene rings is 1. The van der Waals surface area contributed by atoms with Gasteiger partial charge in [-0.15, -0.1) is 0 Å². The van der Waals surface area contributed by atoms with E-state index in [2.05, 4.69) is 18.8 Å². The van der Waals surface area contributed by atoms with Crippen molar-refractivity contribution in [3.8, 4) is 5.75 Å². The van der Waals surface area contributed by atoms with E-state index in [1.54, 1.807) is 34.0 Å². The molecular weight excluding hydrogens is 494 g/mol. The van der Waals surface area contributed by atoms with Crippen molar-refractivity contribution in [1.82, 2.24) is 24.3 Å². The molecule has 1 aromatic heterocycles. The third-order valence-corrected chi connectivity index (χ3v) is 7.44. The van der Waals surface area contributed by atoms with E-state index < -0.39 is 6.04 Å². The molecule has 2 aromatic rings. The summed E-state index contributed by atoms with van der Waals surface area (Å²) >= 11 is 0. The van der Waals surface area contributed by atoms with Crippen molar-refractivity contribution in [2.24, 2.45) is 0 Å². The minimum atomic E-state index is -0.576. The predicted octanol–water partition coefficient (Wildman–Crippen LogP) is 4.19. The average molecular weight is 540 g/mol. The number of unbranched alkanes of at least 4 members (excludes halogenated alkanes) is 1. The highest BCUT2D eigenvalue weighted by Crippen LogP contribution is 2.23. The van der Waals surface area contributed by atoms with E-state index in [4.69, 9.17) is 4.74 Å². The molecule has 39 heavy (non-hydrogen) atoms. The Balaban J connectivity index is 1.59. The van der Waals surface area contributed by atoms with Crippen molar-refractivity contribution in [3.05, 3.63) is 48.0 Å². The zero-order valence-electron chi connectivity index (χ0n) is 24.3. The van der Waals surface area contributed by atoms with Gasteiger partial charge in [-0.1, -0.05) is 26.0 Å². The van der Waals surface area contributed by atoms with E-state index in [1.165, 1.54) is 0 Å². The minimum absolute atomic E-state index is 0.0470. The van der Waals surface area contributed by atoms with Crippen LogP contribution in [0.4, 0.5) is 0 Å². The number of hydrogen-bond donors (Lipinski definition) is 0. The molecule has 0 radical (unpaired) electrons. The molecule has 0 fully saturated rings. The van der Waals surface area contributed by atoms with Crippen molar-refractivity contribution in [2.45, 2.75) is 77.3 Å². The average Bonchev–Trinajstić information content (AvgIpc) is 3.41. The number of aryl methyl sites for hydroxylation is 1. The smallest absolute Gasteiger partial charge is 0.258 e. The molecule has 9 nitrogen and oxygen atoms in total. The maximum absolute atomic E-state index is 13.5. The van der Waals surface area contributed by atoms with E-state index >= 15 is 0 Å². The number of amides is 3. The van der Waals surface area contributed by atoms with E-state index in [9.17, 15) is 14.4 Å². The Kier molecular flexibility index (Phi) is 11.4. The summed E-state index contributed by atoms with van der Waals surface area (Å²) in [5, 5.41) is 0. The third-order valence-electron chi connectivity index (χ3n) is 7.44. The summed E-state index contributed by atoms with van der Waals surface area (Å²) in [4.78, 5) is 49.1. The Hall–Kier alpha value is -3.36. The van der Waals surface area contributed by atoms with Gasteiger partial charge < -0.3 is 24.0 Å². The molecule has 0 bridgehead atoms. The molecule has 3 rings (SSSR count). The summed E-state index contributed by atoms with van der Waals surface area (Å²) in [5.41, 5.74) is 0.476. The number of imidazole rings is 1. The number of fused-ring (bicyclic) bond motifs is 1. The molecule has 9 heteroatoms. The normalized spacial score (nSPS) is 17.2. The van der Waals surface area contributed by atoms with Crippen LogP contribution in [0.2, 0.25) is 0 Å². The van der Waals surface area contributed by atoms with Crippen LogP contribution in [0.3, 0.4) is 0 Å². The van der Waals surface area contributed by atoms with Crippen LogP contribution in [-0.2, 0) is 16.1 Å². The highest BCUT2D eigenvalue weighted by Gasteiger charge is 2.31. The molecule has 2 heterocycles. The molecule has 3 amide bonds. The van der Waals surface area contributed by atoms with E-state index in [1.807, 2.05) is 43.1 Å². The molecule has 1 atom stereocenters. The second kappa shape index (κ2) is 14.7. The number of nitrogens with zero attached hydrogens (tertiary/aromatic N) is 5. The second-order valence-corrected chi connectivity index (χ2v) is 10.8. The number of carbonyl (C=O) groups excluding carboxylic acids is 3. The Morgan fingerprint density at radius 2 is 1.90 bits per heavy atom. The largest absolute Gasteiger partial charge is 0.493 e. The molecule has 0 unspecified atom stereocenters. The molecular formula is C30H45N5O4. The lowest BCUT2D eigenvalue weighted by Crippen LogP contribution is -2.48. The first-order chi connectivity index (χ1) is 18.7. The highest BCUT2D eigenvalue weighted by molar-refractivity contribution is 5.99. The van der Waals surface area contributed by atoms with Gasteiger partial charge in [0.05, 0.1) is 12.2 Å². The lowest BCUT2D eigenvalue weighted by atomic mass is 10.0. The molecule has 1 aromatic carbocycles. The number of para-hydroxylation sites is 1. The molecule has 1 aliphatic rings. The summed E-state index contributed by atoms with van der Waals surface area (Å²) in [7, 11) is 5.34. The van der Waals surface area contributed by atoms with Gasteiger partial charge in [0.25, 0.3) is 5.91 Å². The lowest BCUT2D eigenvalue weighted by Gasteiger charge is -2.31. The lowest BCUT2D eigenvalue weighted by molar-refractivity contribution is -0.135. The molecule has 0 spiro atoms. The molecule has 0 saturated carbocycles. The minimum Gasteiger partial charge on any atom is -0.493 e. The van der Waals surface area contributed by atoms with Crippen LogP contribution >= 0.6 is 0 Å². The monoisotopic (exact) mass is 539 g/mol. The molecule has 214 valence electrons. The molecule has 1 aliphatic heterocycles. The zero-order valence-corrected chi connectivity index (χ0v) is 24.3. The first kappa shape index (κ1) is 30.2. The predicted molar refractivity (Wildman–Crippen MR) is 152 cm³/mol. The Bertz CT molecular complexity index is 1100. The van der Waals surface area contributed by atoms with Gasteiger partial charge in [-0.25, -0.2) is 4.98 Å². The van der Waals surface area contributed by atoms with E-state index in [0.717, 1.165) is 37.9 Å². The van der Waals surface area contributed by atoms with E-state index in [-0.39, 0.29) is 17.7 Å². The Labute approximate surface area is 233 Å². The van der Waals surface area contributed by atoms with Crippen LogP contribution in [0.15, 0.2) is 36.7 Å². The van der Waals surface area contributed by atoms with Crippen molar-refractivity contribution in [2.75, 3.05) is 40.8 Å². The SMILES string of the molecule is CC(C)c1nccn1CCC(=O)N(C)CCCC[C@H]1C(=O)N(C)CCCCCOc2ccccc2C(=O)N1C. The van der Waals surface area contributed by atoms with E-state index in [0.29, 0.717) is 56.3 Å². The van der Waals surface area contributed by atoms with Gasteiger partial charge in [0, 0.05) is 65.5 Å². The van der Waals surface area contributed by atoms with Crippen molar-refractivity contribution in [3.63, 3.8) is 0 Å². The summed E-state index contributed by atoms with van der Waals surface area (Å²) in [5.74, 6) is 1.67. The third kappa shape index (κ3) is 8.31. The van der Waals surface area contributed by atoms with Crippen molar-refractivity contribution in [1.29, 1.82) is 0 Å². The summed E-state index contributed by atoms with van der Waals surface area (Å²) in [6.07, 6.45) is 8.83. The van der Waals surface area contributed by atoms with Gasteiger partial charge in [-0.2, -0.15) is 0 Å². The van der Waals surface area contributed by atoms with Gasteiger partial charge in [0.1, 0.15) is 17.6 Å². The fourth-order valence-corrected chi connectivity index (χ4v) is 4.99. The van der Waals surface area contributed by atoms with Crippen molar-refractivity contribution >= 4 is 17.7 Å². The maximum Gasteiger partial charge on any atom is 0.258 e.